The lowest BCUT2D eigenvalue weighted by atomic mass is 10.1. The molecule has 26 heavy (non-hydrogen) atoms. The topological polar surface area (TPSA) is 104 Å². The highest BCUT2D eigenvalue weighted by Gasteiger charge is 2.23. The maximum atomic E-state index is 12.7. The molecular formula is C18H19N3O4S. The molecule has 0 atom stereocenters. The molecule has 0 unspecified atom stereocenters. The largest absolute Gasteiger partial charge is 0.352 e. The van der Waals surface area contributed by atoms with E-state index in [1.54, 1.807) is 24.3 Å². The van der Waals surface area contributed by atoms with Gasteiger partial charge in [-0.1, -0.05) is 19.1 Å². The number of fused-ring (bicyclic) bond motifs is 1. The predicted molar refractivity (Wildman–Crippen MR) is 98.7 cm³/mol. The van der Waals surface area contributed by atoms with Crippen molar-refractivity contribution >= 4 is 33.2 Å². The molecule has 2 amide bonds. The average Bonchev–Trinajstić information content (AvgIpc) is 2.99. The van der Waals surface area contributed by atoms with E-state index in [2.05, 4.69) is 15.4 Å². The Morgan fingerprint density at radius 2 is 1.96 bits per heavy atom. The minimum atomic E-state index is -3.90. The fraction of sp³-hybridized carbons (Fsp3) is 0.222. The number of rotatable bonds is 6. The molecule has 136 valence electrons. The van der Waals surface area contributed by atoms with Crippen LogP contribution in [0.5, 0.6) is 0 Å². The molecule has 1 heterocycles. The highest BCUT2D eigenvalue weighted by atomic mass is 32.2. The summed E-state index contributed by atoms with van der Waals surface area (Å²) in [7, 11) is -3.90. The molecule has 2 aromatic rings. The number of hydrogen-bond acceptors (Lipinski definition) is 4. The third-order valence-electron chi connectivity index (χ3n) is 3.96. The smallest absolute Gasteiger partial charge is 0.261 e. The Hall–Kier alpha value is -2.87. The number of para-hydroxylation sites is 1. The lowest BCUT2D eigenvalue weighted by Gasteiger charge is -2.13. The normalized spacial score (nSPS) is 13.0. The summed E-state index contributed by atoms with van der Waals surface area (Å²) >= 11 is 0. The van der Waals surface area contributed by atoms with Crippen molar-refractivity contribution in [2.45, 2.75) is 24.7 Å². The molecule has 3 N–H and O–H groups in total. The number of benzene rings is 2. The van der Waals surface area contributed by atoms with Gasteiger partial charge in [-0.05, 0) is 42.3 Å². The number of carbonyl (C=O) groups is 2. The van der Waals surface area contributed by atoms with Gasteiger partial charge in [0, 0.05) is 12.2 Å². The average molecular weight is 373 g/mol. The molecule has 0 aliphatic carbocycles. The molecule has 1 aliphatic rings. The lowest BCUT2D eigenvalue weighted by molar-refractivity contribution is -0.115. The molecule has 7 nitrogen and oxygen atoms in total. The van der Waals surface area contributed by atoms with Crippen LogP contribution in [0.15, 0.2) is 47.4 Å². The first-order valence-corrected chi connectivity index (χ1v) is 9.72. The fourth-order valence-electron chi connectivity index (χ4n) is 2.68. The summed E-state index contributed by atoms with van der Waals surface area (Å²) in [6, 6.07) is 10.9. The zero-order chi connectivity index (χ0) is 18.7. The van der Waals surface area contributed by atoms with E-state index in [4.69, 9.17) is 0 Å². The van der Waals surface area contributed by atoms with Crippen LogP contribution in [-0.2, 0) is 21.2 Å². The summed E-state index contributed by atoms with van der Waals surface area (Å²) in [6.07, 6.45) is 0.927. The fourth-order valence-corrected chi connectivity index (χ4v) is 3.81. The highest BCUT2D eigenvalue weighted by molar-refractivity contribution is 7.92. The zero-order valence-electron chi connectivity index (χ0n) is 14.2. The van der Waals surface area contributed by atoms with Crippen LogP contribution in [0, 0.1) is 0 Å². The predicted octanol–water partition coefficient (Wildman–Crippen LogP) is 2.12. The van der Waals surface area contributed by atoms with Gasteiger partial charge in [0.05, 0.1) is 22.6 Å². The first kappa shape index (κ1) is 17.9. The Morgan fingerprint density at radius 1 is 1.19 bits per heavy atom. The number of carbonyl (C=O) groups excluding carboxylic acids is 2. The number of sulfonamides is 1. The second-order valence-electron chi connectivity index (χ2n) is 5.95. The Morgan fingerprint density at radius 3 is 2.73 bits per heavy atom. The number of nitrogens with one attached hydrogen (secondary N) is 3. The van der Waals surface area contributed by atoms with Crippen LogP contribution in [0.2, 0.25) is 0 Å². The monoisotopic (exact) mass is 373 g/mol. The molecule has 0 radical (unpaired) electrons. The summed E-state index contributed by atoms with van der Waals surface area (Å²) in [6.45, 7) is 2.44. The Balaban J connectivity index is 1.88. The van der Waals surface area contributed by atoms with Gasteiger partial charge in [0.1, 0.15) is 0 Å². The second kappa shape index (κ2) is 7.17. The minimum absolute atomic E-state index is 0.0384. The quantitative estimate of drug-likeness (QED) is 0.721. The van der Waals surface area contributed by atoms with E-state index in [1.165, 1.54) is 18.2 Å². The van der Waals surface area contributed by atoms with Crippen molar-refractivity contribution in [3.05, 3.63) is 53.6 Å². The molecule has 3 rings (SSSR count). The maximum Gasteiger partial charge on any atom is 0.261 e. The van der Waals surface area contributed by atoms with Crippen LogP contribution in [0.25, 0.3) is 0 Å². The van der Waals surface area contributed by atoms with Crippen LogP contribution < -0.4 is 15.4 Å². The van der Waals surface area contributed by atoms with Crippen molar-refractivity contribution in [3.63, 3.8) is 0 Å². The molecular weight excluding hydrogens is 354 g/mol. The van der Waals surface area contributed by atoms with E-state index in [0.29, 0.717) is 17.8 Å². The first-order valence-electron chi connectivity index (χ1n) is 8.23. The first-order chi connectivity index (χ1) is 12.4. The molecule has 0 spiro atoms. The number of hydrogen-bond donors (Lipinski definition) is 3. The van der Waals surface area contributed by atoms with Gasteiger partial charge in [-0.2, -0.15) is 0 Å². The van der Waals surface area contributed by atoms with E-state index in [0.717, 1.165) is 6.42 Å². The van der Waals surface area contributed by atoms with E-state index in [9.17, 15) is 18.0 Å². The molecule has 0 fully saturated rings. The Kier molecular flexibility index (Phi) is 4.94. The van der Waals surface area contributed by atoms with Gasteiger partial charge in [0.15, 0.2) is 0 Å². The summed E-state index contributed by atoms with van der Waals surface area (Å²) in [5, 5.41) is 5.40. The van der Waals surface area contributed by atoms with E-state index in [1.807, 2.05) is 6.92 Å². The Bertz CT molecular complexity index is 970. The zero-order valence-corrected chi connectivity index (χ0v) is 15.0. The van der Waals surface area contributed by atoms with Crippen molar-refractivity contribution in [2.75, 3.05) is 16.6 Å². The van der Waals surface area contributed by atoms with E-state index in [-0.39, 0.29) is 34.4 Å². The molecule has 8 heteroatoms. The van der Waals surface area contributed by atoms with Crippen molar-refractivity contribution < 1.29 is 18.0 Å². The summed E-state index contributed by atoms with van der Waals surface area (Å²) in [4.78, 5) is 23.7. The van der Waals surface area contributed by atoms with Gasteiger partial charge < -0.3 is 10.6 Å². The van der Waals surface area contributed by atoms with Crippen molar-refractivity contribution in [2.24, 2.45) is 0 Å². The summed E-state index contributed by atoms with van der Waals surface area (Å²) in [5.74, 6) is -0.505. The van der Waals surface area contributed by atoms with Crippen molar-refractivity contribution in [1.82, 2.24) is 5.32 Å². The van der Waals surface area contributed by atoms with Gasteiger partial charge in [0.2, 0.25) is 5.91 Å². The molecule has 0 saturated heterocycles. The summed E-state index contributed by atoms with van der Waals surface area (Å²) in [5.41, 5.74) is 1.71. The number of amides is 2. The Labute approximate surface area is 151 Å². The second-order valence-corrected chi connectivity index (χ2v) is 7.63. The van der Waals surface area contributed by atoms with Crippen LogP contribution in [0.4, 0.5) is 11.4 Å². The van der Waals surface area contributed by atoms with Gasteiger partial charge in [0.25, 0.3) is 15.9 Å². The highest BCUT2D eigenvalue weighted by Crippen LogP contribution is 2.27. The summed E-state index contributed by atoms with van der Waals surface area (Å²) < 4.78 is 27.9. The molecule has 0 bridgehead atoms. The third kappa shape index (κ3) is 3.70. The van der Waals surface area contributed by atoms with Gasteiger partial charge in [-0.15, -0.1) is 0 Å². The van der Waals surface area contributed by atoms with E-state index < -0.39 is 10.0 Å². The number of anilines is 2. The van der Waals surface area contributed by atoms with Crippen LogP contribution in [0.1, 0.15) is 29.3 Å². The van der Waals surface area contributed by atoms with Gasteiger partial charge in [-0.25, -0.2) is 8.42 Å². The molecule has 2 aromatic carbocycles. The molecule has 0 aromatic heterocycles. The maximum absolute atomic E-state index is 12.7. The van der Waals surface area contributed by atoms with Crippen molar-refractivity contribution in [1.29, 1.82) is 0 Å². The van der Waals surface area contributed by atoms with Crippen LogP contribution in [0.3, 0.4) is 0 Å². The van der Waals surface area contributed by atoms with E-state index >= 15 is 0 Å². The SMILES string of the molecule is CCCNC(=O)c1ccccc1NS(=O)(=O)c1ccc2c(c1)CC(=O)N2. The standard InChI is InChI=1S/C18H19N3O4S/c1-2-9-19-18(23)14-5-3-4-6-16(14)21-26(24,25)13-7-8-15-12(10-13)11-17(22)20-15/h3-8,10,21H,2,9,11H2,1H3,(H,19,23)(H,20,22). The van der Waals surface area contributed by atoms with Crippen molar-refractivity contribution in [3.8, 4) is 0 Å². The van der Waals surface area contributed by atoms with Gasteiger partial charge in [-0.3, -0.25) is 14.3 Å². The molecule has 0 saturated carbocycles. The third-order valence-corrected chi connectivity index (χ3v) is 5.33. The lowest BCUT2D eigenvalue weighted by Crippen LogP contribution is -2.25. The van der Waals surface area contributed by atoms with Crippen LogP contribution >= 0.6 is 0 Å². The minimum Gasteiger partial charge on any atom is -0.352 e. The van der Waals surface area contributed by atoms with Gasteiger partial charge >= 0.3 is 0 Å². The van der Waals surface area contributed by atoms with Crippen LogP contribution in [-0.4, -0.2) is 26.8 Å². The molecule has 1 aliphatic heterocycles.